The monoisotopic (exact) mass is 265 g/mol. The highest BCUT2D eigenvalue weighted by atomic mass is 35.5. The Bertz CT molecular complexity index is 423. The van der Waals surface area contributed by atoms with E-state index >= 15 is 0 Å². The van der Waals surface area contributed by atoms with Crippen molar-refractivity contribution in [1.29, 1.82) is 0 Å². The second-order valence-corrected chi connectivity index (χ2v) is 5.69. The van der Waals surface area contributed by atoms with E-state index in [1.807, 2.05) is 12.1 Å². The van der Waals surface area contributed by atoms with Crippen LogP contribution in [0.2, 0.25) is 5.02 Å². The highest BCUT2D eigenvalue weighted by molar-refractivity contribution is 6.30. The smallest absolute Gasteiger partial charge is 0.191 e. The van der Waals surface area contributed by atoms with Gasteiger partial charge in [-0.3, -0.25) is 4.99 Å². The van der Waals surface area contributed by atoms with Crippen LogP contribution < -0.4 is 10.6 Å². The van der Waals surface area contributed by atoms with E-state index < -0.39 is 0 Å². The van der Waals surface area contributed by atoms with Gasteiger partial charge in [0.2, 0.25) is 0 Å². The standard InChI is InChI=1S/C14H20ClN3/c1-14(2,11-4-6-12(15)7-5-11)10-18-13-16-8-3-9-17-13/h4-7H,3,8-10H2,1-2H3,(H2,16,17,18). The van der Waals surface area contributed by atoms with E-state index in [9.17, 15) is 0 Å². The summed E-state index contributed by atoms with van der Waals surface area (Å²) in [7, 11) is 0. The summed E-state index contributed by atoms with van der Waals surface area (Å²) in [5.74, 6) is 0.920. The molecule has 0 saturated heterocycles. The van der Waals surface area contributed by atoms with E-state index in [0.717, 1.165) is 37.0 Å². The van der Waals surface area contributed by atoms with Crippen LogP contribution in [0.25, 0.3) is 0 Å². The summed E-state index contributed by atoms with van der Waals surface area (Å²) in [5, 5.41) is 7.43. The maximum Gasteiger partial charge on any atom is 0.191 e. The maximum absolute atomic E-state index is 5.92. The quantitative estimate of drug-likeness (QED) is 0.881. The number of nitrogens with zero attached hydrogens (tertiary/aromatic N) is 1. The molecule has 1 heterocycles. The number of hydrogen-bond donors (Lipinski definition) is 2. The fourth-order valence-corrected chi connectivity index (χ4v) is 2.08. The van der Waals surface area contributed by atoms with E-state index in [1.165, 1.54) is 5.56 Å². The fourth-order valence-electron chi connectivity index (χ4n) is 1.96. The molecular weight excluding hydrogens is 246 g/mol. The number of halogens is 1. The molecule has 0 unspecified atom stereocenters. The predicted molar refractivity (Wildman–Crippen MR) is 77.4 cm³/mol. The molecule has 4 heteroatoms. The molecule has 0 spiro atoms. The van der Waals surface area contributed by atoms with Crippen LogP contribution in [0.1, 0.15) is 25.8 Å². The lowest BCUT2D eigenvalue weighted by Gasteiger charge is -2.27. The third-order valence-electron chi connectivity index (χ3n) is 3.22. The molecule has 0 atom stereocenters. The topological polar surface area (TPSA) is 36.4 Å². The Kier molecular flexibility index (Phi) is 4.12. The minimum Gasteiger partial charge on any atom is -0.356 e. The molecule has 3 nitrogen and oxygen atoms in total. The number of benzene rings is 1. The first-order chi connectivity index (χ1) is 8.58. The van der Waals surface area contributed by atoms with E-state index in [1.54, 1.807) is 0 Å². The predicted octanol–water partition coefficient (Wildman–Crippen LogP) is 2.56. The van der Waals surface area contributed by atoms with Crippen molar-refractivity contribution in [3.63, 3.8) is 0 Å². The van der Waals surface area contributed by atoms with E-state index in [0.29, 0.717) is 0 Å². The van der Waals surface area contributed by atoms with Crippen molar-refractivity contribution in [3.8, 4) is 0 Å². The highest BCUT2D eigenvalue weighted by Gasteiger charge is 2.21. The van der Waals surface area contributed by atoms with Crippen molar-refractivity contribution in [2.24, 2.45) is 4.99 Å². The Hall–Kier alpha value is -1.22. The molecule has 1 aliphatic rings. The Morgan fingerprint density at radius 2 is 2.06 bits per heavy atom. The molecule has 0 fully saturated rings. The first-order valence-corrected chi connectivity index (χ1v) is 6.74. The third-order valence-corrected chi connectivity index (χ3v) is 3.47. The lowest BCUT2D eigenvalue weighted by Crippen LogP contribution is -2.45. The van der Waals surface area contributed by atoms with Crippen molar-refractivity contribution in [1.82, 2.24) is 10.6 Å². The number of guanidine groups is 1. The Morgan fingerprint density at radius 1 is 1.33 bits per heavy atom. The molecule has 1 aromatic rings. The van der Waals surface area contributed by atoms with E-state index in [4.69, 9.17) is 11.6 Å². The zero-order valence-electron chi connectivity index (χ0n) is 11.0. The number of nitrogens with one attached hydrogen (secondary N) is 2. The molecule has 0 radical (unpaired) electrons. The van der Waals surface area contributed by atoms with Gasteiger partial charge in [-0.2, -0.15) is 0 Å². The van der Waals surface area contributed by atoms with Gasteiger partial charge in [0.15, 0.2) is 5.96 Å². The molecule has 2 N–H and O–H groups in total. The molecule has 0 aromatic heterocycles. The van der Waals surface area contributed by atoms with Crippen LogP contribution in [0.15, 0.2) is 29.3 Å². The van der Waals surface area contributed by atoms with Gasteiger partial charge in [-0.15, -0.1) is 0 Å². The molecule has 0 saturated carbocycles. The molecule has 0 bridgehead atoms. The molecule has 98 valence electrons. The van der Waals surface area contributed by atoms with Crippen LogP contribution >= 0.6 is 11.6 Å². The average molecular weight is 266 g/mol. The molecule has 2 rings (SSSR count). The lowest BCUT2D eigenvalue weighted by atomic mass is 9.85. The second kappa shape index (κ2) is 5.61. The molecule has 1 aromatic carbocycles. The van der Waals surface area contributed by atoms with Gasteiger partial charge in [0.25, 0.3) is 0 Å². The van der Waals surface area contributed by atoms with Crippen molar-refractivity contribution in [2.75, 3.05) is 19.6 Å². The third kappa shape index (κ3) is 3.39. The molecule has 1 aliphatic heterocycles. The maximum atomic E-state index is 5.92. The Morgan fingerprint density at radius 3 is 2.67 bits per heavy atom. The SMILES string of the molecule is CC(C)(CNC1=NCCCN1)c1ccc(Cl)cc1. The van der Waals surface area contributed by atoms with Gasteiger partial charge in [0.1, 0.15) is 0 Å². The largest absolute Gasteiger partial charge is 0.356 e. The molecule has 0 amide bonds. The van der Waals surface area contributed by atoms with Gasteiger partial charge < -0.3 is 10.6 Å². The van der Waals surface area contributed by atoms with E-state index in [-0.39, 0.29) is 5.41 Å². The van der Waals surface area contributed by atoms with Gasteiger partial charge >= 0.3 is 0 Å². The summed E-state index contributed by atoms with van der Waals surface area (Å²) in [5.41, 5.74) is 1.32. The lowest BCUT2D eigenvalue weighted by molar-refractivity contribution is 0.506. The first kappa shape index (κ1) is 13.2. The summed E-state index contributed by atoms with van der Waals surface area (Å²) in [6.45, 7) is 7.20. The number of rotatable bonds is 3. The normalized spacial score (nSPS) is 15.8. The van der Waals surface area contributed by atoms with Crippen LogP contribution in [0.4, 0.5) is 0 Å². The van der Waals surface area contributed by atoms with Crippen LogP contribution in [-0.4, -0.2) is 25.6 Å². The fraction of sp³-hybridized carbons (Fsp3) is 0.500. The van der Waals surface area contributed by atoms with Crippen molar-refractivity contribution >= 4 is 17.6 Å². The van der Waals surface area contributed by atoms with Crippen LogP contribution in [0.3, 0.4) is 0 Å². The first-order valence-electron chi connectivity index (χ1n) is 6.36. The minimum absolute atomic E-state index is 0.0479. The van der Waals surface area contributed by atoms with Crippen molar-refractivity contribution in [3.05, 3.63) is 34.9 Å². The van der Waals surface area contributed by atoms with Crippen LogP contribution in [0, 0.1) is 0 Å². The van der Waals surface area contributed by atoms with Gasteiger partial charge in [0.05, 0.1) is 0 Å². The minimum atomic E-state index is 0.0479. The van der Waals surface area contributed by atoms with Crippen molar-refractivity contribution in [2.45, 2.75) is 25.7 Å². The van der Waals surface area contributed by atoms with E-state index in [2.05, 4.69) is 41.6 Å². The van der Waals surface area contributed by atoms with Gasteiger partial charge in [-0.05, 0) is 24.1 Å². The zero-order chi connectivity index (χ0) is 13.0. The van der Waals surface area contributed by atoms with Gasteiger partial charge in [-0.1, -0.05) is 37.6 Å². The Balaban J connectivity index is 1.98. The van der Waals surface area contributed by atoms with Crippen LogP contribution in [0.5, 0.6) is 0 Å². The summed E-state index contributed by atoms with van der Waals surface area (Å²) in [6, 6.07) is 8.05. The highest BCUT2D eigenvalue weighted by Crippen LogP contribution is 2.23. The average Bonchev–Trinajstić information content (AvgIpc) is 2.38. The number of hydrogen-bond acceptors (Lipinski definition) is 3. The summed E-state index contributed by atoms with van der Waals surface area (Å²) >= 11 is 5.92. The Labute approximate surface area is 114 Å². The zero-order valence-corrected chi connectivity index (χ0v) is 11.7. The van der Waals surface area contributed by atoms with Crippen molar-refractivity contribution < 1.29 is 0 Å². The molecular formula is C14H20ClN3. The summed E-state index contributed by atoms with van der Waals surface area (Å²) < 4.78 is 0. The molecule has 0 aliphatic carbocycles. The van der Waals surface area contributed by atoms with Gasteiger partial charge in [-0.25, -0.2) is 0 Å². The summed E-state index contributed by atoms with van der Waals surface area (Å²) in [6.07, 6.45) is 1.12. The molecule has 18 heavy (non-hydrogen) atoms. The van der Waals surface area contributed by atoms with Crippen LogP contribution in [-0.2, 0) is 5.41 Å². The van der Waals surface area contributed by atoms with Gasteiger partial charge in [0, 0.05) is 30.1 Å². The number of aliphatic imine (C=N–C) groups is 1. The second-order valence-electron chi connectivity index (χ2n) is 5.25. The summed E-state index contributed by atoms with van der Waals surface area (Å²) in [4.78, 5) is 4.41.